The Hall–Kier alpha value is -1.10. The number of anilines is 1. The van der Waals surface area contributed by atoms with E-state index in [1.807, 2.05) is 4.52 Å². The molecule has 0 bridgehead atoms. The Morgan fingerprint density at radius 1 is 1.31 bits per heavy atom. The minimum Gasteiger partial charge on any atom is -0.366 e. The number of fused-ring (bicyclic) bond motifs is 3. The fraction of sp³-hybridized carbons (Fsp3) is 0.500. The number of rotatable bonds is 0. The van der Waals surface area contributed by atoms with Crippen LogP contribution >= 0.6 is 11.3 Å². The number of nitrogens with zero attached hydrogens (tertiary/aromatic N) is 3. The van der Waals surface area contributed by atoms with Gasteiger partial charge in [0.15, 0.2) is 0 Å². The van der Waals surface area contributed by atoms with Crippen LogP contribution < -0.4 is 5.73 Å². The maximum Gasteiger partial charge on any atom is 0.241 e. The molecule has 0 amide bonds. The van der Waals surface area contributed by atoms with Crippen molar-refractivity contribution in [1.29, 1.82) is 0 Å². The molecule has 0 radical (unpaired) electrons. The van der Waals surface area contributed by atoms with Gasteiger partial charge in [-0.1, -0.05) is 11.3 Å². The third-order valence-corrected chi connectivity index (χ3v) is 3.59. The summed E-state index contributed by atoms with van der Waals surface area (Å²) in [5, 5.41) is 4.18. The summed E-state index contributed by atoms with van der Waals surface area (Å²) in [4.78, 5) is 6.56. The van der Waals surface area contributed by atoms with Crippen LogP contribution in [-0.2, 0) is 12.8 Å². The van der Waals surface area contributed by atoms with Crippen LogP contribution in [0.3, 0.4) is 0 Å². The van der Waals surface area contributed by atoms with Gasteiger partial charge in [0, 0.05) is 4.88 Å². The molecule has 0 spiro atoms. The first kappa shape index (κ1) is 7.32. The topological polar surface area (TPSA) is 56.2 Å². The number of nitrogen functional groups attached to an aromatic ring is 1. The third kappa shape index (κ3) is 0.966. The fourth-order valence-electron chi connectivity index (χ4n) is 1.86. The van der Waals surface area contributed by atoms with Gasteiger partial charge in [0.05, 0.1) is 5.69 Å². The fourth-order valence-corrected chi connectivity index (χ4v) is 3.01. The molecule has 2 N–H and O–H groups in total. The number of aromatic nitrogens is 3. The van der Waals surface area contributed by atoms with Gasteiger partial charge in [-0.05, 0) is 25.7 Å². The van der Waals surface area contributed by atoms with Crippen molar-refractivity contribution in [3.8, 4) is 0 Å². The smallest absolute Gasteiger partial charge is 0.241 e. The lowest BCUT2D eigenvalue weighted by Crippen LogP contribution is -2.03. The Morgan fingerprint density at radius 2 is 2.15 bits per heavy atom. The molecule has 0 atom stereocenters. The molecule has 1 aliphatic carbocycles. The van der Waals surface area contributed by atoms with Crippen LogP contribution in [0, 0.1) is 0 Å². The van der Waals surface area contributed by atoms with Crippen molar-refractivity contribution in [2.24, 2.45) is 0 Å². The second kappa shape index (κ2) is 2.45. The molecule has 2 heterocycles. The van der Waals surface area contributed by atoms with Crippen molar-refractivity contribution in [2.45, 2.75) is 25.7 Å². The molecule has 68 valence electrons. The molecule has 0 saturated heterocycles. The average Bonchev–Trinajstić information content (AvgIpc) is 2.60. The summed E-state index contributed by atoms with van der Waals surface area (Å²) in [7, 11) is 0. The van der Waals surface area contributed by atoms with Crippen LogP contribution in [0.1, 0.15) is 23.4 Å². The third-order valence-electron chi connectivity index (χ3n) is 2.45. The van der Waals surface area contributed by atoms with Crippen molar-refractivity contribution in [2.75, 3.05) is 5.73 Å². The first-order valence-electron chi connectivity index (χ1n) is 4.47. The van der Waals surface area contributed by atoms with Crippen LogP contribution in [0.4, 0.5) is 5.95 Å². The van der Waals surface area contributed by atoms with Gasteiger partial charge in [-0.2, -0.15) is 4.98 Å². The Bertz CT molecular complexity index is 456. The summed E-state index contributed by atoms with van der Waals surface area (Å²) < 4.78 is 1.91. The number of aryl methyl sites for hydroxylation is 2. The lowest BCUT2D eigenvalue weighted by molar-refractivity contribution is 0.661. The van der Waals surface area contributed by atoms with E-state index in [2.05, 4.69) is 10.1 Å². The van der Waals surface area contributed by atoms with Crippen LogP contribution in [-0.4, -0.2) is 14.6 Å². The zero-order valence-corrected chi connectivity index (χ0v) is 7.97. The van der Waals surface area contributed by atoms with E-state index in [4.69, 9.17) is 5.73 Å². The van der Waals surface area contributed by atoms with E-state index in [0.29, 0.717) is 5.95 Å². The van der Waals surface area contributed by atoms with Crippen LogP contribution in [0.5, 0.6) is 0 Å². The molecule has 3 rings (SSSR count). The molecule has 0 aliphatic heterocycles. The van der Waals surface area contributed by atoms with Crippen molar-refractivity contribution >= 4 is 22.2 Å². The highest BCUT2D eigenvalue weighted by molar-refractivity contribution is 7.17. The first-order valence-corrected chi connectivity index (χ1v) is 5.29. The Balaban J connectivity index is 2.30. The Kier molecular flexibility index (Phi) is 1.38. The second-order valence-corrected chi connectivity index (χ2v) is 4.41. The van der Waals surface area contributed by atoms with Crippen molar-refractivity contribution < 1.29 is 0 Å². The summed E-state index contributed by atoms with van der Waals surface area (Å²) >= 11 is 1.73. The van der Waals surface area contributed by atoms with Gasteiger partial charge >= 0.3 is 0 Å². The van der Waals surface area contributed by atoms with E-state index in [1.54, 1.807) is 11.3 Å². The van der Waals surface area contributed by atoms with Gasteiger partial charge in [0.1, 0.15) is 0 Å². The van der Waals surface area contributed by atoms with Crippen molar-refractivity contribution in [1.82, 2.24) is 14.6 Å². The van der Waals surface area contributed by atoms with Crippen molar-refractivity contribution in [3.63, 3.8) is 0 Å². The zero-order chi connectivity index (χ0) is 8.84. The molecule has 0 saturated carbocycles. The lowest BCUT2D eigenvalue weighted by atomic mass is 10.0. The lowest BCUT2D eigenvalue weighted by Gasteiger charge is -2.08. The van der Waals surface area contributed by atoms with Gasteiger partial charge in [-0.3, -0.25) is 0 Å². The van der Waals surface area contributed by atoms with E-state index in [-0.39, 0.29) is 0 Å². The van der Waals surface area contributed by atoms with Gasteiger partial charge in [-0.15, -0.1) is 5.10 Å². The van der Waals surface area contributed by atoms with Gasteiger partial charge < -0.3 is 5.73 Å². The van der Waals surface area contributed by atoms with Gasteiger partial charge in [0.2, 0.25) is 10.9 Å². The predicted molar refractivity (Wildman–Crippen MR) is 51.9 cm³/mol. The summed E-state index contributed by atoms with van der Waals surface area (Å²) in [5.41, 5.74) is 6.86. The van der Waals surface area contributed by atoms with Gasteiger partial charge in [0.25, 0.3) is 0 Å². The highest BCUT2D eigenvalue weighted by atomic mass is 32.1. The Morgan fingerprint density at radius 3 is 3.08 bits per heavy atom. The minimum atomic E-state index is 0.389. The van der Waals surface area contributed by atoms with E-state index in [0.717, 1.165) is 11.4 Å². The summed E-state index contributed by atoms with van der Waals surface area (Å²) in [6.45, 7) is 0. The molecule has 1 aliphatic rings. The number of hydrogen-bond acceptors (Lipinski definition) is 4. The molecule has 4 nitrogen and oxygen atoms in total. The highest BCUT2D eigenvalue weighted by Gasteiger charge is 2.17. The second-order valence-electron chi connectivity index (χ2n) is 3.34. The standard InChI is InChI=1S/C8H10N4S/c9-7-10-8-12(11-7)5-3-1-2-4-6(5)13-8/h1-4H2,(H2,9,11). The monoisotopic (exact) mass is 194 g/mol. The van der Waals surface area contributed by atoms with Crippen molar-refractivity contribution in [3.05, 3.63) is 10.6 Å². The van der Waals surface area contributed by atoms with Crippen LogP contribution in [0.25, 0.3) is 4.96 Å². The summed E-state index contributed by atoms with van der Waals surface area (Å²) in [6, 6.07) is 0. The normalized spacial score (nSPS) is 16.3. The number of hydrogen-bond donors (Lipinski definition) is 1. The molecule has 2 aromatic rings. The van der Waals surface area contributed by atoms with E-state index in [9.17, 15) is 0 Å². The van der Waals surface area contributed by atoms with Crippen LogP contribution in [0.2, 0.25) is 0 Å². The molecular weight excluding hydrogens is 184 g/mol. The molecular formula is C8H10N4S. The predicted octanol–water partition coefficient (Wildman–Crippen LogP) is 1.25. The molecule has 5 heteroatoms. The zero-order valence-electron chi connectivity index (χ0n) is 7.16. The maximum absolute atomic E-state index is 5.53. The number of nitrogens with two attached hydrogens (primary N) is 1. The Labute approximate surface area is 79.4 Å². The summed E-state index contributed by atoms with van der Waals surface area (Å²) in [6.07, 6.45) is 4.87. The largest absolute Gasteiger partial charge is 0.366 e. The highest BCUT2D eigenvalue weighted by Crippen LogP contribution is 2.29. The summed E-state index contributed by atoms with van der Waals surface area (Å²) in [5.74, 6) is 0.389. The number of thiazole rings is 1. The minimum absolute atomic E-state index is 0.389. The van der Waals surface area contributed by atoms with Gasteiger partial charge in [-0.25, -0.2) is 4.52 Å². The molecule has 0 fully saturated rings. The molecule has 0 unspecified atom stereocenters. The molecule has 0 aromatic carbocycles. The maximum atomic E-state index is 5.53. The molecule has 13 heavy (non-hydrogen) atoms. The quantitative estimate of drug-likeness (QED) is 0.686. The average molecular weight is 194 g/mol. The first-order chi connectivity index (χ1) is 6.34. The van der Waals surface area contributed by atoms with E-state index < -0.39 is 0 Å². The molecule has 2 aromatic heterocycles. The van der Waals surface area contributed by atoms with E-state index >= 15 is 0 Å². The SMILES string of the molecule is Nc1nc2sc3c(n2n1)CCCC3. The van der Waals surface area contributed by atoms with Crippen LogP contribution in [0.15, 0.2) is 0 Å². The van der Waals surface area contributed by atoms with E-state index in [1.165, 1.54) is 29.8 Å².